The summed E-state index contributed by atoms with van der Waals surface area (Å²) in [6, 6.07) is 0. The standard InChI is InChI=1S/C13H26O2/c1-13(2,15)9-3-4-11-5-7-12(10-14)8-6-11/h11-12,14-15H,3-10H2,1-2H3. The quantitative estimate of drug-likeness (QED) is 0.738. The highest BCUT2D eigenvalue weighted by molar-refractivity contribution is 4.73. The third-order valence-electron chi connectivity index (χ3n) is 3.63. The molecule has 1 rings (SSSR count). The van der Waals surface area contributed by atoms with E-state index in [1.807, 2.05) is 13.8 Å². The zero-order chi connectivity index (χ0) is 11.3. The molecule has 0 atom stereocenters. The van der Waals surface area contributed by atoms with Gasteiger partial charge in [-0.15, -0.1) is 0 Å². The third-order valence-corrected chi connectivity index (χ3v) is 3.63. The second kappa shape index (κ2) is 5.86. The Hall–Kier alpha value is -0.0800. The van der Waals surface area contributed by atoms with Crippen molar-refractivity contribution in [3.8, 4) is 0 Å². The molecule has 0 aromatic rings. The van der Waals surface area contributed by atoms with E-state index in [0.29, 0.717) is 12.5 Å². The monoisotopic (exact) mass is 214 g/mol. The molecule has 2 heteroatoms. The third kappa shape index (κ3) is 5.53. The Bertz CT molecular complexity index is 164. The van der Waals surface area contributed by atoms with Crippen molar-refractivity contribution in [1.82, 2.24) is 0 Å². The SMILES string of the molecule is CC(C)(O)CCCC1CCC(CO)CC1. The van der Waals surface area contributed by atoms with Crippen LogP contribution >= 0.6 is 0 Å². The average Bonchev–Trinajstić information content (AvgIpc) is 2.17. The molecular weight excluding hydrogens is 188 g/mol. The van der Waals surface area contributed by atoms with Crippen LogP contribution in [0.25, 0.3) is 0 Å². The molecule has 0 bridgehead atoms. The van der Waals surface area contributed by atoms with E-state index >= 15 is 0 Å². The van der Waals surface area contributed by atoms with Gasteiger partial charge in [-0.2, -0.15) is 0 Å². The fraction of sp³-hybridized carbons (Fsp3) is 1.00. The molecule has 2 N–H and O–H groups in total. The van der Waals surface area contributed by atoms with Crippen LogP contribution in [0.15, 0.2) is 0 Å². The van der Waals surface area contributed by atoms with E-state index in [9.17, 15) is 5.11 Å². The van der Waals surface area contributed by atoms with Crippen molar-refractivity contribution in [3.05, 3.63) is 0 Å². The highest BCUT2D eigenvalue weighted by atomic mass is 16.3. The molecule has 90 valence electrons. The molecule has 0 saturated heterocycles. The maximum absolute atomic E-state index is 9.59. The van der Waals surface area contributed by atoms with Crippen LogP contribution in [-0.2, 0) is 0 Å². The van der Waals surface area contributed by atoms with Crippen LogP contribution in [0, 0.1) is 11.8 Å². The Labute approximate surface area is 93.7 Å². The highest BCUT2D eigenvalue weighted by Crippen LogP contribution is 2.32. The fourth-order valence-electron chi connectivity index (χ4n) is 2.53. The topological polar surface area (TPSA) is 40.5 Å². The molecule has 1 fully saturated rings. The zero-order valence-corrected chi connectivity index (χ0v) is 10.2. The summed E-state index contributed by atoms with van der Waals surface area (Å²) in [4.78, 5) is 0. The summed E-state index contributed by atoms with van der Waals surface area (Å²) in [7, 11) is 0. The minimum atomic E-state index is -0.498. The van der Waals surface area contributed by atoms with Gasteiger partial charge in [0.15, 0.2) is 0 Å². The van der Waals surface area contributed by atoms with Gasteiger partial charge in [-0.3, -0.25) is 0 Å². The first kappa shape index (κ1) is 13.0. The Morgan fingerprint density at radius 3 is 2.07 bits per heavy atom. The number of hydrogen-bond acceptors (Lipinski definition) is 2. The van der Waals surface area contributed by atoms with Gasteiger partial charge in [0.1, 0.15) is 0 Å². The minimum Gasteiger partial charge on any atom is -0.396 e. The number of hydrogen-bond donors (Lipinski definition) is 2. The van der Waals surface area contributed by atoms with E-state index < -0.39 is 5.60 Å². The molecule has 0 radical (unpaired) electrons. The maximum atomic E-state index is 9.59. The normalized spacial score (nSPS) is 28.0. The van der Waals surface area contributed by atoms with Crippen LogP contribution in [0.4, 0.5) is 0 Å². The lowest BCUT2D eigenvalue weighted by molar-refractivity contribution is 0.0653. The highest BCUT2D eigenvalue weighted by Gasteiger charge is 2.21. The Kier molecular flexibility index (Phi) is 5.07. The first-order valence-corrected chi connectivity index (χ1v) is 6.34. The summed E-state index contributed by atoms with van der Waals surface area (Å²) in [6.07, 6.45) is 8.24. The molecular formula is C13H26O2. The lowest BCUT2D eigenvalue weighted by Gasteiger charge is -2.28. The lowest BCUT2D eigenvalue weighted by atomic mass is 9.79. The molecule has 0 heterocycles. The second-order valence-corrected chi connectivity index (χ2v) is 5.77. The number of aliphatic hydroxyl groups is 2. The average molecular weight is 214 g/mol. The summed E-state index contributed by atoms with van der Waals surface area (Å²) in [5, 5.41) is 18.6. The van der Waals surface area contributed by atoms with Crippen molar-refractivity contribution in [1.29, 1.82) is 0 Å². The molecule has 0 spiro atoms. The fourth-order valence-corrected chi connectivity index (χ4v) is 2.53. The lowest BCUT2D eigenvalue weighted by Crippen LogP contribution is -2.20. The van der Waals surface area contributed by atoms with Crippen LogP contribution in [0.2, 0.25) is 0 Å². The van der Waals surface area contributed by atoms with Gasteiger partial charge in [0, 0.05) is 6.61 Å². The summed E-state index contributed by atoms with van der Waals surface area (Å²) >= 11 is 0. The predicted molar refractivity (Wildman–Crippen MR) is 62.7 cm³/mol. The van der Waals surface area contributed by atoms with Gasteiger partial charge in [0.05, 0.1) is 5.60 Å². The van der Waals surface area contributed by atoms with E-state index in [1.54, 1.807) is 0 Å². The molecule has 1 aliphatic carbocycles. The Morgan fingerprint density at radius 2 is 1.60 bits per heavy atom. The molecule has 0 aromatic heterocycles. The van der Waals surface area contributed by atoms with Crippen molar-refractivity contribution in [2.24, 2.45) is 11.8 Å². The smallest absolute Gasteiger partial charge is 0.0591 e. The molecule has 0 aliphatic heterocycles. The van der Waals surface area contributed by atoms with E-state index in [2.05, 4.69) is 0 Å². The predicted octanol–water partition coefficient (Wildman–Crippen LogP) is 2.73. The van der Waals surface area contributed by atoms with Crippen LogP contribution in [0.5, 0.6) is 0 Å². The molecule has 0 unspecified atom stereocenters. The van der Waals surface area contributed by atoms with E-state index in [0.717, 1.165) is 18.8 Å². The van der Waals surface area contributed by atoms with Crippen molar-refractivity contribution in [2.45, 2.75) is 64.4 Å². The number of aliphatic hydroxyl groups excluding tert-OH is 1. The van der Waals surface area contributed by atoms with Crippen molar-refractivity contribution >= 4 is 0 Å². The maximum Gasteiger partial charge on any atom is 0.0591 e. The molecule has 2 nitrogen and oxygen atoms in total. The summed E-state index contributed by atoms with van der Waals surface area (Å²) < 4.78 is 0. The summed E-state index contributed by atoms with van der Waals surface area (Å²) in [5.41, 5.74) is -0.498. The van der Waals surface area contributed by atoms with Crippen LogP contribution in [-0.4, -0.2) is 22.4 Å². The van der Waals surface area contributed by atoms with Crippen molar-refractivity contribution < 1.29 is 10.2 Å². The number of rotatable bonds is 5. The summed E-state index contributed by atoms with van der Waals surface area (Å²) in [6.45, 7) is 4.14. The Morgan fingerprint density at radius 1 is 1.07 bits per heavy atom. The van der Waals surface area contributed by atoms with E-state index in [-0.39, 0.29) is 0 Å². The van der Waals surface area contributed by atoms with Gasteiger partial charge in [-0.25, -0.2) is 0 Å². The second-order valence-electron chi connectivity index (χ2n) is 5.77. The van der Waals surface area contributed by atoms with Gasteiger partial charge in [0.2, 0.25) is 0 Å². The van der Waals surface area contributed by atoms with E-state index in [1.165, 1.54) is 32.1 Å². The van der Waals surface area contributed by atoms with Gasteiger partial charge in [0.25, 0.3) is 0 Å². The molecule has 0 amide bonds. The van der Waals surface area contributed by atoms with Crippen LogP contribution < -0.4 is 0 Å². The minimum absolute atomic E-state index is 0.371. The molecule has 0 aromatic carbocycles. The molecule has 15 heavy (non-hydrogen) atoms. The van der Waals surface area contributed by atoms with E-state index in [4.69, 9.17) is 5.11 Å². The van der Waals surface area contributed by atoms with Gasteiger partial charge < -0.3 is 10.2 Å². The van der Waals surface area contributed by atoms with Crippen LogP contribution in [0.3, 0.4) is 0 Å². The molecule has 1 saturated carbocycles. The molecule has 1 aliphatic rings. The Balaban J connectivity index is 2.09. The van der Waals surface area contributed by atoms with Crippen molar-refractivity contribution in [2.75, 3.05) is 6.61 Å². The van der Waals surface area contributed by atoms with Crippen LogP contribution in [0.1, 0.15) is 58.8 Å². The summed E-state index contributed by atoms with van der Waals surface area (Å²) in [5.74, 6) is 1.41. The van der Waals surface area contributed by atoms with Crippen molar-refractivity contribution in [3.63, 3.8) is 0 Å². The van der Waals surface area contributed by atoms with Gasteiger partial charge >= 0.3 is 0 Å². The zero-order valence-electron chi connectivity index (χ0n) is 10.2. The van der Waals surface area contributed by atoms with Gasteiger partial charge in [-0.1, -0.05) is 25.7 Å². The first-order valence-electron chi connectivity index (χ1n) is 6.34. The van der Waals surface area contributed by atoms with Gasteiger partial charge in [-0.05, 0) is 44.9 Å². The first-order chi connectivity index (χ1) is 7.01. The largest absolute Gasteiger partial charge is 0.396 e.